The fourth-order valence-corrected chi connectivity index (χ4v) is 3.97. The third kappa shape index (κ3) is 5.49. The number of nitrogens with zero attached hydrogens (tertiary/aromatic N) is 2. The van der Waals surface area contributed by atoms with Crippen LogP contribution in [0.25, 0.3) is 0 Å². The second kappa shape index (κ2) is 9.07. The van der Waals surface area contributed by atoms with Crippen LogP contribution in [0.2, 0.25) is 0 Å². The van der Waals surface area contributed by atoms with Gasteiger partial charge in [0.1, 0.15) is 0 Å². The third-order valence-electron chi connectivity index (χ3n) is 4.62. The normalized spacial score (nSPS) is 17.0. The molecule has 2 amide bonds. The molecular formula is C19H26N2O4S. The summed E-state index contributed by atoms with van der Waals surface area (Å²) in [7, 11) is 1.61. The van der Waals surface area contributed by atoms with E-state index >= 15 is 0 Å². The molecular weight excluding hydrogens is 352 g/mol. The lowest BCUT2D eigenvalue weighted by Crippen LogP contribution is -2.47. The smallest absolute Gasteiger partial charge is 0.308 e. The minimum absolute atomic E-state index is 0.0153. The molecule has 1 saturated heterocycles. The van der Waals surface area contributed by atoms with Crippen LogP contribution in [0.4, 0.5) is 0 Å². The van der Waals surface area contributed by atoms with Crippen LogP contribution in [0, 0.1) is 19.8 Å². The van der Waals surface area contributed by atoms with Crippen molar-refractivity contribution < 1.29 is 19.5 Å². The lowest BCUT2D eigenvalue weighted by atomic mass is 9.98. The Morgan fingerprint density at radius 3 is 2.73 bits per heavy atom. The highest BCUT2D eigenvalue weighted by Gasteiger charge is 2.28. The molecule has 1 aliphatic rings. The molecule has 1 aromatic carbocycles. The number of likely N-dealkylation sites (tertiary alicyclic amines) is 1. The lowest BCUT2D eigenvalue weighted by Gasteiger charge is -2.32. The molecule has 0 aliphatic carbocycles. The first-order chi connectivity index (χ1) is 12.3. The van der Waals surface area contributed by atoms with E-state index in [9.17, 15) is 14.4 Å². The summed E-state index contributed by atoms with van der Waals surface area (Å²) >= 11 is 1.47. The zero-order valence-corrected chi connectivity index (χ0v) is 16.3. The zero-order chi connectivity index (χ0) is 19.3. The number of aryl methyl sites for hydroxylation is 2. The molecule has 7 heteroatoms. The number of piperidine rings is 1. The molecule has 0 bridgehead atoms. The van der Waals surface area contributed by atoms with Gasteiger partial charge in [0.05, 0.1) is 18.2 Å². The number of hydrogen-bond donors (Lipinski definition) is 1. The largest absolute Gasteiger partial charge is 0.481 e. The highest BCUT2D eigenvalue weighted by atomic mass is 32.2. The molecule has 1 heterocycles. The number of carbonyl (C=O) groups excluding carboxylic acids is 2. The van der Waals surface area contributed by atoms with E-state index in [4.69, 9.17) is 5.11 Å². The minimum Gasteiger partial charge on any atom is -0.481 e. The van der Waals surface area contributed by atoms with Crippen LogP contribution in [0.15, 0.2) is 23.1 Å². The Kier molecular flexibility index (Phi) is 7.08. The second-order valence-corrected chi connectivity index (χ2v) is 7.84. The first kappa shape index (κ1) is 20.3. The predicted molar refractivity (Wildman–Crippen MR) is 101 cm³/mol. The first-order valence-electron chi connectivity index (χ1n) is 8.72. The number of carboxylic acid groups (broad SMARTS) is 1. The van der Waals surface area contributed by atoms with Crippen molar-refractivity contribution in [3.63, 3.8) is 0 Å². The van der Waals surface area contributed by atoms with E-state index in [1.54, 1.807) is 11.9 Å². The Hall–Kier alpha value is -2.02. The summed E-state index contributed by atoms with van der Waals surface area (Å²) in [6, 6.07) is 6.12. The fourth-order valence-electron chi connectivity index (χ4n) is 2.91. The number of rotatable bonds is 6. The maximum absolute atomic E-state index is 12.4. The lowest BCUT2D eigenvalue weighted by molar-refractivity contribution is -0.147. The molecule has 1 fully saturated rings. The quantitative estimate of drug-likeness (QED) is 0.768. The summed E-state index contributed by atoms with van der Waals surface area (Å²) in [5.41, 5.74) is 2.27. The molecule has 1 N–H and O–H groups in total. The van der Waals surface area contributed by atoms with Gasteiger partial charge in [-0.05, 0) is 38.3 Å². The molecule has 0 saturated carbocycles. The van der Waals surface area contributed by atoms with Gasteiger partial charge in [0.2, 0.25) is 11.8 Å². The number of carbonyl (C=O) groups is 3. The monoisotopic (exact) mass is 378 g/mol. The zero-order valence-electron chi connectivity index (χ0n) is 15.5. The molecule has 1 aromatic rings. The average molecular weight is 378 g/mol. The molecule has 0 aromatic heterocycles. The van der Waals surface area contributed by atoms with E-state index < -0.39 is 11.9 Å². The van der Waals surface area contributed by atoms with Gasteiger partial charge in [0.25, 0.3) is 0 Å². The number of likely N-dealkylation sites (N-methyl/N-ethyl adjacent to an activating group) is 1. The number of benzene rings is 1. The first-order valence-corrected chi connectivity index (χ1v) is 9.71. The van der Waals surface area contributed by atoms with Crippen molar-refractivity contribution >= 4 is 29.5 Å². The van der Waals surface area contributed by atoms with Gasteiger partial charge in [-0.2, -0.15) is 0 Å². The molecule has 1 atom stereocenters. The summed E-state index contributed by atoms with van der Waals surface area (Å²) in [6.45, 7) is 4.79. The Bertz CT molecular complexity index is 692. The van der Waals surface area contributed by atoms with Gasteiger partial charge in [-0.1, -0.05) is 17.7 Å². The SMILES string of the molecule is Cc1ccc(C)c(SCC(=O)N(C)CC(=O)N2CCCC(C(=O)O)C2)c1. The Labute approximate surface area is 158 Å². The van der Waals surface area contributed by atoms with Crippen LogP contribution in [-0.2, 0) is 14.4 Å². The van der Waals surface area contributed by atoms with Crippen molar-refractivity contribution in [2.75, 3.05) is 32.4 Å². The number of thioether (sulfide) groups is 1. The number of aliphatic carboxylic acids is 1. The van der Waals surface area contributed by atoms with E-state index in [1.807, 2.05) is 26.0 Å². The van der Waals surface area contributed by atoms with Crippen molar-refractivity contribution in [2.24, 2.45) is 5.92 Å². The Balaban J connectivity index is 1.85. The van der Waals surface area contributed by atoms with Gasteiger partial charge in [-0.25, -0.2) is 0 Å². The summed E-state index contributed by atoms with van der Waals surface area (Å²) in [4.78, 5) is 39.9. The topological polar surface area (TPSA) is 77.9 Å². The second-order valence-electron chi connectivity index (χ2n) is 6.82. The van der Waals surface area contributed by atoms with Gasteiger partial charge in [0.15, 0.2) is 0 Å². The van der Waals surface area contributed by atoms with Gasteiger partial charge >= 0.3 is 5.97 Å². The summed E-state index contributed by atoms with van der Waals surface area (Å²) in [5, 5.41) is 9.12. The Morgan fingerprint density at radius 1 is 1.31 bits per heavy atom. The van der Waals surface area contributed by atoms with E-state index in [-0.39, 0.29) is 30.7 Å². The minimum atomic E-state index is -0.864. The van der Waals surface area contributed by atoms with E-state index in [0.29, 0.717) is 19.4 Å². The molecule has 26 heavy (non-hydrogen) atoms. The number of hydrogen-bond acceptors (Lipinski definition) is 4. The summed E-state index contributed by atoms with van der Waals surface area (Å²) in [5.74, 6) is -1.41. The van der Waals surface area contributed by atoms with Crippen LogP contribution < -0.4 is 0 Å². The standard InChI is InChI=1S/C19H26N2O4S/c1-13-6-7-14(2)16(9-13)26-12-18(23)20(3)11-17(22)21-8-4-5-15(10-21)19(24)25/h6-7,9,15H,4-5,8,10-12H2,1-3H3,(H,24,25). The van der Waals surface area contributed by atoms with E-state index in [2.05, 4.69) is 6.07 Å². The van der Waals surface area contributed by atoms with E-state index in [1.165, 1.54) is 16.7 Å². The molecule has 2 rings (SSSR count). The average Bonchev–Trinajstić information content (AvgIpc) is 2.62. The van der Waals surface area contributed by atoms with Crippen LogP contribution in [-0.4, -0.2) is 65.1 Å². The highest BCUT2D eigenvalue weighted by Crippen LogP contribution is 2.23. The molecule has 1 unspecified atom stereocenters. The van der Waals surface area contributed by atoms with Gasteiger partial charge in [0, 0.05) is 25.0 Å². The summed E-state index contributed by atoms with van der Waals surface area (Å²) < 4.78 is 0. The van der Waals surface area contributed by atoms with Crippen molar-refractivity contribution in [1.82, 2.24) is 9.80 Å². The number of amides is 2. The van der Waals surface area contributed by atoms with Crippen LogP contribution in [0.1, 0.15) is 24.0 Å². The molecule has 0 spiro atoms. The van der Waals surface area contributed by atoms with Crippen molar-refractivity contribution in [3.05, 3.63) is 29.3 Å². The Morgan fingerprint density at radius 2 is 2.04 bits per heavy atom. The summed E-state index contributed by atoms with van der Waals surface area (Å²) in [6.07, 6.45) is 1.28. The maximum atomic E-state index is 12.4. The maximum Gasteiger partial charge on any atom is 0.308 e. The van der Waals surface area contributed by atoms with Crippen LogP contribution in [0.3, 0.4) is 0 Å². The third-order valence-corrected chi connectivity index (χ3v) is 5.76. The molecule has 6 nitrogen and oxygen atoms in total. The van der Waals surface area contributed by atoms with Gasteiger partial charge < -0.3 is 14.9 Å². The van der Waals surface area contributed by atoms with Crippen molar-refractivity contribution in [3.8, 4) is 0 Å². The highest BCUT2D eigenvalue weighted by molar-refractivity contribution is 8.00. The van der Waals surface area contributed by atoms with Crippen LogP contribution in [0.5, 0.6) is 0 Å². The van der Waals surface area contributed by atoms with Crippen molar-refractivity contribution in [2.45, 2.75) is 31.6 Å². The molecule has 1 aliphatic heterocycles. The molecule has 142 valence electrons. The van der Waals surface area contributed by atoms with Crippen molar-refractivity contribution in [1.29, 1.82) is 0 Å². The fraction of sp³-hybridized carbons (Fsp3) is 0.526. The van der Waals surface area contributed by atoms with Gasteiger partial charge in [-0.3, -0.25) is 14.4 Å². The number of carboxylic acids is 1. The van der Waals surface area contributed by atoms with Crippen LogP contribution >= 0.6 is 11.8 Å². The van der Waals surface area contributed by atoms with Gasteiger partial charge in [-0.15, -0.1) is 11.8 Å². The molecule has 0 radical (unpaired) electrons. The van der Waals surface area contributed by atoms with E-state index in [0.717, 1.165) is 16.0 Å². The predicted octanol–water partition coefficient (Wildman–Crippen LogP) is 2.18.